The van der Waals surface area contributed by atoms with Crippen LogP contribution in [0.4, 0.5) is 0 Å². The van der Waals surface area contributed by atoms with Gasteiger partial charge in [-0.3, -0.25) is 4.57 Å². The molecule has 1 aromatic carbocycles. The predicted octanol–water partition coefficient (Wildman–Crippen LogP) is 3.45. The number of aromatic amines is 1. The Labute approximate surface area is 101 Å². The van der Waals surface area contributed by atoms with Gasteiger partial charge in [0.2, 0.25) is 0 Å². The normalized spacial score (nSPS) is 11.1. The van der Waals surface area contributed by atoms with E-state index < -0.39 is 0 Å². The summed E-state index contributed by atoms with van der Waals surface area (Å²) in [6.07, 6.45) is 2.00. The second kappa shape index (κ2) is 3.54. The molecule has 0 aliphatic rings. The van der Waals surface area contributed by atoms with Crippen LogP contribution in [-0.2, 0) is 0 Å². The number of fused-ring (bicyclic) bond motifs is 1. The molecule has 0 atom stereocenters. The van der Waals surface area contributed by atoms with Gasteiger partial charge in [0, 0.05) is 17.6 Å². The SMILES string of the molecule is Cc1cn(-c2ccc3ncsc3c2)c(=S)[nH]1. The second-order valence-corrected chi connectivity index (χ2v) is 4.89. The van der Waals surface area contributed by atoms with Crippen LogP contribution in [0.2, 0.25) is 0 Å². The molecule has 0 saturated heterocycles. The predicted molar refractivity (Wildman–Crippen MR) is 68.9 cm³/mol. The van der Waals surface area contributed by atoms with E-state index in [4.69, 9.17) is 12.2 Å². The molecule has 2 aromatic heterocycles. The quantitative estimate of drug-likeness (QED) is 0.668. The van der Waals surface area contributed by atoms with Crippen LogP contribution in [0.15, 0.2) is 29.9 Å². The summed E-state index contributed by atoms with van der Waals surface area (Å²) >= 11 is 6.89. The largest absolute Gasteiger partial charge is 0.335 e. The average Bonchev–Trinajstić information content (AvgIpc) is 2.83. The fourth-order valence-electron chi connectivity index (χ4n) is 1.70. The van der Waals surface area contributed by atoms with Crippen LogP contribution in [0.3, 0.4) is 0 Å². The van der Waals surface area contributed by atoms with Gasteiger partial charge < -0.3 is 4.98 Å². The monoisotopic (exact) mass is 247 g/mol. The highest BCUT2D eigenvalue weighted by molar-refractivity contribution is 7.71. The molecule has 0 bridgehead atoms. The molecular weight excluding hydrogens is 238 g/mol. The minimum atomic E-state index is 0.723. The topological polar surface area (TPSA) is 33.6 Å². The Balaban J connectivity index is 2.25. The highest BCUT2D eigenvalue weighted by Gasteiger charge is 2.02. The summed E-state index contributed by atoms with van der Waals surface area (Å²) in [6, 6.07) is 6.16. The Bertz CT molecular complexity index is 705. The van der Waals surface area contributed by atoms with Gasteiger partial charge >= 0.3 is 0 Å². The number of H-pyrrole nitrogens is 1. The summed E-state index contributed by atoms with van der Waals surface area (Å²) < 4.78 is 3.88. The lowest BCUT2D eigenvalue weighted by molar-refractivity contribution is 1.03. The minimum absolute atomic E-state index is 0.723. The van der Waals surface area contributed by atoms with E-state index in [-0.39, 0.29) is 0 Å². The molecule has 0 radical (unpaired) electrons. The van der Waals surface area contributed by atoms with Crippen LogP contribution in [0.5, 0.6) is 0 Å². The molecule has 16 heavy (non-hydrogen) atoms. The number of aryl methyl sites for hydroxylation is 1. The number of nitrogens with zero attached hydrogens (tertiary/aromatic N) is 2. The highest BCUT2D eigenvalue weighted by Crippen LogP contribution is 2.21. The third-order valence-electron chi connectivity index (χ3n) is 2.44. The van der Waals surface area contributed by atoms with Crippen molar-refractivity contribution in [1.82, 2.24) is 14.5 Å². The van der Waals surface area contributed by atoms with Crippen LogP contribution >= 0.6 is 23.6 Å². The van der Waals surface area contributed by atoms with Crippen LogP contribution in [0.1, 0.15) is 5.69 Å². The second-order valence-electron chi connectivity index (χ2n) is 3.62. The fraction of sp³-hybridized carbons (Fsp3) is 0.0909. The summed E-state index contributed by atoms with van der Waals surface area (Å²) in [7, 11) is 0. The smallest absolute Gasteiger partial charge is 0.181 e. The molecule has 0 amide bonds. The van der Waals surface area contributed by atoms with E-state index in [2.05, 4.69) is 16.0 Å². The van der Waals surface area contributed by atoms with Crippen molar-refractivity contribution in [2.75, 3.05) is 0 Å². The summed E-state index contributed by atoms with van der Waals surface area (Å²) in [6.45, 7) is 2.00. The van der Waals surface area contributed by atoms with Crippen molar-refractivity contribution >= 4 is 33.8 Å². The molecule has 1 N–H and O–H groups in total. The van der Waals surface area contributed by atoms with Gasteiger partial charge in [0.15, 0.2) is 4.77 Å². The number of hydrogen-bond acceptors (Lipinski definition) is 3. The van der Waals surface area contributed by atoms with Gasteiger partial charge in [-0.25, -0.2) is 4.98 Å². The van der Waals surface area contributed by atoms with Crippen molar-refractivity contribution in [2.24, 2.45) is 0 Å². The third kappa shape index (κ3) is 1.48. The lowest BCUT2D eigenvalue weighted by Crippen LogP contribution is -1.91. The molecule has 0 saturated carbocycles. The zero-order chi connectivity index (χ0) is 11.1. The lowest BCUT2D eigenvalue weighted by Gasteiger charge is -2.01. The fourth-order valence-corrected chi connectivity index (χ4v) is 2.73. The lowest BCUT2D eigenvalue weighted by atomic mass is 10.3. The Hall–Kier alpha value is -1.46. The van der Waals surface area contributed by atoms with E-state index in [1.54, 1.807) is 11.3 Å². The van der Waals surface area contributed by atoms with E-state index in [0.29, 0.717) is 0 Å². The molecule has 80 valence electrons. The van der Waals surface area contributed by atoms with Crippen LogP contribution in [0, 0.1) is 11.7 Å². The highest BCUT2D eigenvalue weighted by atomic mass is 32.1. The molecule has 5 heteroatoms. The van der Waals surface area contributed by atoms with Gasteiger partial charge in [-0.1, -0.05) is 0 Å². The Morgan fingerprint density at radius 3 is 3.06 bits per heavy atom. The Kier molecular flexibility index (Phi) is 2.15. The molecule has 2 heterocycles. The Morgan fingerprint density at radius 1 is 1.44 bits per heavy atom. The van der Waals surface area contributed by atoms with E-state index in [1.807, 2.05) is 35.3 Å². The van der Waals surface area contributed by atoms with Crippen LogP contribution < -0.4 is 0 Å². The van der Waals surface area contributed by atoms with Gasteiger partial charge in [-0.15, -0.1) is 11.3 Å². The average molecular weight is 247 g/mol. The maximum absolute atomic E-state index is 5.25. The standard InChI is InChI=1S/C11H9N3S2/c1-7-5-14(11(15)13-7)8-2-3-9-10(4-8)16-6-12-9/h2-6H,1H3,(H,13,15). The summed E-state index contributed by atoms with van der Waals surface area (Å²) in [5.41, 5.74) is 5.03. The summed E-state index contributed by atoms with van der Waals surface area (Å²) in [5, 5.41) is 0. The molecule has 0 unspecified atom stereocenters. The summed E-state index contributed by atoms with van der Waals surface area (Å²) in [4.78, 5) is 7.37. The maximum atomic E-state index is 5.25. The van der Waals surface area contributed by atoms with Crippen molar-refractivity contribution < 1.29 is 0 Å². The third-order valence-corrected chi connectivity index (χ3v) is 3.53. The molecule has 0 spiro atoms. The number of benzene rings is 1. The van der Waals surface area contributed by atoms with Crippen molar-refractivity contribution in [3.05, 3.63) is 40.4 Å². The molecule has 3 rings (SSSR count). The van der Waals surface area contributed by atoms with Gasteiger partial charge in [0.05, 0.1) is 15.7 Å². The molecule has 0 fully saturated rings. The molecule has 3 aromatic rings. The first-order valence-electron chi connectivity index (χ1n) is 4.86. The van der Waals surface area contributed by atoms with E-state index >= 15 is 0 Å². The van der Waals surface area contributed by atoms with E-state index in [9.17, 15) is 0 Å². The number of aromatic nitrogens is 3. The first-order valence-corrected chi connectivity index (χ1v) is 6.15. The first kappa shape index (κ1) is 9.74. The number of nitrogens with one attached hydrogen (secondary N) is 1. The molecular formula is C11H9N3S2. The molecule has 3 nitrogen and oxygen atoms in total. The zero-order valence-electron chi connectivity index (χ0n) is 8.60. The van der Waals surface area contributed by atoms with Gasteiger partial charge in [-0.05, 0) is 37.3 Å². The van der Waals surface area contributed by atoms with Crippen molar-refractivity contribution in [1.29, 1.82) is 0 Å². The maximum Gasteiger partial charge on any atom is 0.181 e. The van der Waals surface area contributed by atoms with Crippen LogP contribution in [-0.4, -0.2) is 14.5 Å². The first-order chi connectivity index (χ1) is 7.74. The number of thiazole rings is 1. The van der Waals surface area contributed by atoms with Gasteiger partial charge in [-0.2, -0.15) is 0 Å². The molecule has 0 aliphatic carbocycles. The van der Waals surface area contributed by atoms with E-state index in [0.717, 1.165) is 21.7 Å². The molecule has 0 aliphatic heterocycles. The van der Waals surface area contributed by atoms with Crippen molar-refractivity contribution in [3.63, 3.8) is 0 Å². The number of imidazole rings is 1. The summed E-state index contributed by atoms with van der Waals surface area (Å²) in [5.74, 6) is 0. The number of hydrogen-bond donors (Lipinski definition) is 1. The van der Waals surface area contributed by atoms with Crippen molar-refractivity contribution in [2.45, 2.75) is 6.92 Å². The van der Waals surface area contributed by atoms with Crippen molar-refractivity contribution in [3.8, 4) is 5.69 Å². The minimum Gasteiger partial charge on any atom is -0.335 e. The van der Waals surface area contributed by atoms with Gasteiger partial charge in [0.1, 0.15) is 0 Å². The van der Waals surface area contributed by atoms with Crippen LogP contribution in [0.25, 0.3) is 15.9 Å². The zero-order valence-corrected chi connectivity index (χ0v) is 10.2. The Morgan fingerprint density at radius 2 is 2.31 bits per heavy atom. The van der Waals surface area contributed by atoms with Gasteiger partial charge in [0.25, 0.3) is 0 Å². The number of rotatable bonds is 1. The van der Waals surface area contributed by atoms with E-state index in [1.165, 1.54) is 4.70 Å².